The van der Waals surface area contributed by atoms with Gasteiger partial charge in [-0.1, -0.05) is 43.4 Å². The van der Waals surface area contributed by atoms with Crippen LogP contribution in [0.25, 0.3) is 11.0 Å². The maximum absolute atomic E-state index is 12.8. The minimum absolute atomic E-state index is 0.273. The summed E-state index contributed by atoms with van der Waals surface area (Å²) in [4.78, 5) is 4.70. The highest BCUT2D eigenvalue weighted by molar-refractivity contribution is 7.90. The van der Waals surface area contributed by atoms with E-state index in [1.165, 1.54) is 6.21 Å². The second kappa shape index (κ2) is 9.06. The molecule has 0 unspecified atom stereocenters. The van der Waals surface area contributed by atoms with Crippen LogP contribution in [0.2, 0.25) is 25.7 Å². The highest BCUT2D eigenvalue weighted by atomic mass is 32.2. The van der Waals surface area contributed by atoms with Crippen LogP contribution in [0.3, 0.4) is 0 Å². The first-order chi connectivity index (χ1) is 14.5. The van der Waals surface area contributed by atoms with Crippen LogP contribution >= 0.6 is 0 Å². The van der Waals surface area contributed by atoms with Gasteiger partial charge in [-0.25, -0.2) is 4.98 Å². The highest BCUT2D eigenvalue weighted by Crippen LogP contribution is 2.24. The molecule has 0 aliphatic rings. The minimum Gasteiger partial charge on any atom is -0.361 e. The third-order valence-corrected chi connectivity index (χ3v) is 8.32. The average molecular weight is 458 g/mol. The minimum atomic E-state index is -3.78. The Morgan fingerprint density at radius 2 is 1.77 bits per heavy atom. The summed E-state index contributed by atoms with van der Waals surface area (Å²) in [6.45, 7) is 13.7. The van der Waals surface area contributed by atoms with E-state index in [1.807, 2.05) is 41.8 Å². The fraction of sp³-hybridized carbons (Fsp3) is 0.391. The van der Waals surface area contributed by atoms with Gasteiger partial charge in [0.2, 0.25) is 0 Å². The first-order valence-electron chi connectivity index (χ1n) is 10.4. The number of rotatable bonds is 8. The molecule has 1 heterocycles. The molecule has 0 fully saturated rings. The molecule has 0 spiro atoms. The summed E-state index contributed by atoms with van der Waals surface area (Å²) in [6.07, 6.45) is 3.13. The smallest absolute Gasteiger partial charge is 0.282 e. The van der Waals surface area contributed by atoms with Gasteiger partial charge in [0.1, 0.15) is 6.73 Å². The molecule has 8 heteroatoms. The van der Waals surface area contributed by atoms with Gasteiger partial charge in [-0.05, 0) is 55.6 Å². The van der Waals surface area contributed by atoms with Crippen molar-refractivity contribution < 1.29 is 13.2 Å². The Morgan fingerprint density at radius 1 is 1.10 bits per heavy atom. The zero-order valence-corrected chi connectivity index (χ0v) is 21.0. The summed E-state index contributed by atoms with van der Waals surface area (Å²) >= 11 is 0. The number of fused-ring (bicyclic) bond motifs is 1. The van der Waals surface area contributed by atoms with Crippen molar-refractivity contribution in [3.05, 3.63) is 58.9 Å². The van der Waals surface area contributed by atoms with Gasteiger partial charge in [0.05, 0.1) is 22.3 Å². The predicted octanol–water partition coefficient (Wildman–Crippen LogP) is 5.08. The number of hydrogen-bond donors (Lipinski definition) is 0. The maximum Gasteiger partial charge on any atom is 0.282 e. The van der Waals surface area contributed by atoms with E-state index >= 15 is 0 Å². The molecule has 0 amide bonds. The van der Waals surface area contributed by atoms with Crippen LogP contribution in [0.15, 0.2) is 46.0 Å². The average Bonchev–Trinajstić information content (AvgIpc) is 3.04. The van der Waals surface area contributed by atoms with Gasteiger partial charge in [-0.2, -0.15) is 12.8 Å². The van der Waals surface area contributed by atoms with Crippen LogP contribution in [-0.2, 0) is 21.5 Å². The van der Waals surface area contributed by atoms with Gasteiger partial charge in [0.15, 0.2) is 0 Å². The van der Waals surface area contributed by atoms with E-state index in [0.29, 0.717) is 23.4 Å². The van der Waals surface area contributed by atoms with Gasteiger partial charge >= 0.3 is 0 Å². The number of ether oxygens (including phenoxy) is 1. The number of hydrogen-bond acceptors (Lipinski definition) is 4. The van der Waals surface area contributed by atoms with Gasteiger partial charge in [0, 0.05) is 20.9 Å². The molecule has 1 aromatic heterocycles. The number of nitrogens with zero attached hydrogens (tertiary/aromatic N) is 3. The Bertz CT molecular complexity index is 1200. The predicted molar refractivity (Wildman–Crippen MR) is 129 cm³/mol. The Hall–Kier alpha value is -2.29. The maximum atomic E-state index is 12.8. The number of aromatic nitrogens is 2. The summed E-state index contributed by atoms with van der Waals surface area (Å²) in [6, 6.07) is 10.4. The van der Waals surface area contributed by atoms with E-state index in [0.717, 1.165) is 29.2 Å². The fourth-order valence-electron chi connectivity index (χ4n) is 3.56. The van der Waals surface area contributed by atoms with Crippen molar-refractivity contribution in [3.8, 4) is 0 Å². The lowest BCUT2D eigenvalue weighted by atomic mass is 10.1. The number of benzene rings is 2. The van der Waals surface area contributed by atoms with Crippen LogP contribution in [0.4, 0.5) is 0 Å². The largest absolute Gasteiger partial charge is 0.361 e. The number of sulfonamides is 1. The molecule has 0 radical (unpaired) electrons. The molecule has 0 bridgehead atoms. The number of aryl methyl sites for hydroxylation is 3. The standard InChI is InChI=1S/C23H31N3O3SSi/c1-17-11-18(2)23(19(3)12-17)30(27,28)25-14-20-7-8-22-21(13-20)24-15-26(22)16-29-9-10-31(4,5)6/h7-8,11-15H,9-10,16H2,1-6H3. The molecule has 3 aromatic rings. The van der Waals surface area contributed by atoms with Crippen molar-refractivity contribution >= 4 is 35.3 Å². The summed E-state index contributed by atoms with van der Waals surface area (Å²) in [5.74, 6) is 0. The molecule has 2 aromatic carbocycles. The van der Waals surface area contributed by atoms with Crippen molar-refractivity contribution in [1.82, 2.24) is 9.55 Å². The van der Waals surface area contributed by atoms with Crippen LogP contribution in [0.5, 0.6) is 0 Å². The summed E-state index contributed by atoms with van der Waals surface area (Å²) in [5, 5.41) is 0. The Balaban J connectivity index is 1.76. The van der Waals surface area contributed by atoms with Gasteiger partial charge < -0.3 is 9.30 Å². The quantitative estimate of drug-likeness (QED) is 0.268. The third kappa shape index (κ3) is 5.90. The Morgan fingerprint density at radius 3 is 2.42 bits per heavy atom. The molecular weight excluding hydrogens is 426 g/mol. The van der Waals surface area contributed by atoms with E-state index in [1.54, 1.807) is 20.2 Å². The summed E-state index contributed by atoms with van der Waals surface area (Å²) in [7, 11) is -4.90. The van der Waals surface area contributed by atoms with Crippen molar-refractivity contribution in [2.75, 3.05) is 6.61 Å². The molecule has 0 aliphatic heterocycles. The second-order valence-corrected chi connectivity index (χ2v) is 16.4. The van der Waals surface area contributed by atoms with Crippen LogP contribution in [-0.4, -0.2) is 38.9 Å². The topological polar surface area (TPSA) is 73.5 Å². The lowest BCUT2D eigenvalue weighted by Gasteiger charge is -2.15. The summed E-state index contributed by atoms with van der Waals surface area (Å²) in [5.41, 5.74) is 4.85. The van der Waals surface area contributed by atoms with Crippen LogP contribution < -0.4 is 0 Å². The molecular formula is C23H31N3O3SSi. The molecule has 3 rings (SSSR count). The first-order valence-corrected chi connectivity index (χ1v) is 15.5. The third-order valence-electron chi connectivity index (χ3n) is 5.08. The zero-order chi connectivity index (χ0) is 22.8. The Kier molecular flexibility index (Phi) is 6.83. The van der Waals surface area contributed by atoms with E-state index in [2.05, 4.69) is 29.0 Å². The number of imidazole rings is 1. The molecule has 0 saturated heterocycles. The molecule has 0 N–H and O–H groups in total. The Labute approximate surface area is 186 Å². The van der Waals surface area contributed by atoms with E-state index in [-0.39, 0.29) is 4.90 Å². The monoisotopic (exact) mass is 457 g/mol. The normalized spacial score (nSPS) is 12.8. The molecule has 166 valence electrons. The molecule has 6 nitrogen and oxygen atoms in total. The molecule has 0 aliphatic carbocycles. The molecule has 31 heavy (non-hydrogen) atoms. The first kappa shape index (κ1) is 23.4. The zero-order valence-electron chi connectivity index (χ0n) is 19.1. The highest BCUT2D eigenvalue weighted by Gasteiger charge is 2.18. The van der Waals surface area contributed by atoms with Gasteiger partial charge in [-0.3, -0.25) is 0 Å². The second-order valence-electron chi connectivity index (χ2n) is 9.25. The van der Waals surface area contributed by atoms with Crippen LogP contribution in [0.1, 0.15) is 22.3 Å². The van der Waals surface area contributed by atoms with E-state index < -0.39 is 18.1 Å². The summed E-state index contributed by atoms with van der Waals surface area (Å²) < 4.78 is 37.3. The van der Waals surface area contributed by atoms with Gasteiger partial charge in [-0.15, -0.1) is 0 Å². The van der Waals surface area contributed by atoms with Crippen molar-refractivity contribution in [3.63, 3.8) is 0 Å². The van der Waals surface area contributed by atoms with Crippen molar-refractivity contribution in [2.45, 2.75) is 58.1 Å². The van der Waals surface area contributed by atoms with E-state index in [4.69, 9.17) is 4.74 Å². The van der Waals surface area contributed by atoms with Crippen molar-refractivity contribution in [1.29, 1.82) is 0 Å². The van der Waals surface area contributed by atoms with Gasteiger partial charge in [0.25, 0.3) is 10.0 Å². The van der Waals surface area contributed by atoms with Crippen molar-refractivity contribution in [2.24, 2.45) is 4.40 Å². The lowest BCUT2D eigenvalue weighted by Crippen LogP contribution is -2.21. The SMILES string of the molecule is Cc1cc(C)c(S(=O)(=O)N=Cc2ccc3c(c2)ncn3COCC[Si](C)(C)C)c(C)c1. The van der Waals surface area contributed by atoms with E-state index in [9.17, 15) is 8.42 Å². The fourth-order valence-corrected chi connectivity index (χ4v) is 5.62. The van der Waals surface area contributed by atoms with Crippen LogP contribution in [0, 0.1) is 20.8 Å². The molecule has 0 atom stereocenters. The molecule has 0 saturated carbocycles. The lowest BCUT2D eigenvalue weighted by molar-refractivity contribution is 0.0898.